The average Bonchev–Trinajstić information content (AvgIpc) is 3.08. The highest BCUT2D eigenvalue weighted by Gasteiger charge is 2.00. The van der Waals surface area contributed by atoms with Crippen LogP contribution in [0.1, 0.15) is 77.0 Å². The number of hydrogen-bond donors (Lipinski definition) is 0. The van der Waals surface area contributed by atoms with Gasteiger partial charge in [0.2, 0.25) is 0 Å². The summed E-state index contributed by atoms with van der Waals surface area (Å²) >= 11 is 0. The van der Waals surface area contributed by atoms with Crippen LogP contribution >= 0.6 is 0 Å². The van der Waals surface area contributed by atoms with Crippen LogP contribution in [0, 0.1) is 0 Å². The molecule has 0 radical (unpaired) electrons. The molecule has 8 heteroatoms. The van der Waals surface area contributed by atoms with E-state index in [0.29, 0.717) is 0 Å². The van der Waals surface area contributed by atoms with E-state index in [1.807, 2.05) is 48.6 Å². The summed E-state index contributed by atoms with van der Waals surface area (Å²) in [7, 11) is 0. The Morgan fingerprint density at radius 2 is 0.542 bits per heavy atom. The molecule has 0 saturated heterocycles. The molecule has 0 fully saturated rings. The quantitative estimate of drug-likeness (QED) is 0.0268. The first-order chi connectivity index (χ1) is 23.4. The maximum atomic E-state index is 11.4. The van der Waals surface area contributed by atoms with Crippen LogP contribution in [-0.2, 0) is 38.1 Å². The maximum Gasteiger partial charge on any atom is 0.331 e. The van der Waals surface area contributed by atoms with E-state index in [1.54, 1.807) is 24.3 Å². The molecule has 48 heavy (non-hydrogen) atoms. The normalized spacial score (nSPS) is 11.2. The van der Waals surface area contributed by atoms with Crippen molar-refractivity contribution >= 4 is 23.9 Å². The highest BCUT2D eigenvalue weighted by Crippen LogP contribution is 1.99. The zero-order valence-corrected chi connectivity index (χ0v) is 28.6. The van der Waals surface area contributed by atoms with Crippen LogP contribution in [0.15, 0.2) is 124 Å². The summed E-state index contributed by atoms with van der Waals surface area (Å²) in [6.45, 7) is 15.4. The van der Waals surface area contributed by atoms with Crippen LogP contribution < -0.4 is 0 Å². The van der Waals surface area contributed by atoms with E-state index in [-0.39, 0.29) is 26.4 Å². The van der Waals surface area contributed by atoms with Gasteiger partial charge in [0.05, 0.1) is 0 Å². The Hall–Kier alpha value is -4.72. The van der Waals surface area contributed by atoms with E-state index in [0.717, 1.165) is 101 Å². The van der Waals surface area contributed by atoms with Gasteiger partial charge in [-0.3, -0.25) is 0 Å². The molecular weight excluding hydrogens is 608 g/mol. The Morgan fingerprint density at radius 3 is 0.729 bits per heavy atom. The lowest BCUT2D eigenvalue weighted by Crippen LogP contribution is -2.04. The van der Waals surface area contributed by atoms with E-state index < -0.39 is 23.9 Å². The molecule has 0 saturated carbocycles. The van der Waals surface area contributed by atoms with Crippen molar-refractivity contribution in [1.82, 2.24) is 0 Å². The average molecular weight is 665 g/mol. The van der Waals surface area contributed by atoms with Crippen molar-refractivity contribution in [1.29, 1.82) is 0 Å². The molecule has 0 amide bonds. The third-order valence-corrected chi connectivity index (χ3v) is 5.78. The van der Waals surface area contributed by atoms with Gasteiger partial charge in [-0.2, -0.15) is 0 Å². The standard InChI is InChI=1S/2C20H28O4/c2*1-3-5-7-9-11-13-17-23-19(21)15-16-20(22)24-18-14-12-10-8-6-4-2/h2*3-4,11-16H,1-2,5-10,17-18H2. The predicted octanol–water partition coefficient (Wildman–Crippen LogP) is 8.91. The van der Waals surface area contributed by atoms with Crippen LogP contribution in [0.2, 0.25) is 0 Å². The molecule has 0 aliphatic carbocycles. The Morgan fingerprint density at radius 1 is 0.333 bits per heavy atom. The van der Waals surface area contributed by atoms with Gasteiger partial charge >= 0.3 is 23.9 Å². The van der Waals surface area contributed by atoms with Crippen LogP contribution in [-0.4, -0.2) is 50.3 Å². The molecule has 0 aromatic heterocycles. The molecule has 0 heterocycles. The SMILES string of the molecule is C=CCCCC=CCOC(=O)C=CC(=O)OCC=CCCCC=C.C=CCCCC=CCOC(=O)C=CC(=O)OCC=CCCCC=C. The van der Waals surface area contributed by atoms with Gasteiger partial charge < -0.3 is 18.9 Å². The van der Waals surface area contributed by atoms with Gasteiger partial charge in [-0.1, -0.05) is 72.9 Å². The van der Waals surface area contributed by atoms with Crippen molar-refractivity contribution < 1.29 is 38.1 Å². The van der Waals surface area contributed by atoms with Crippen molar-refractivity contribution in [3.63, 3.8) is 0 Å². The first-order valence-corrected chi connectivity index (χ1v) is 16.5. The van der Waals surface area contributed by atoms with Crippen LogP contribution in [0.5, 0.6) is 0 Å². The number of rotatable bonds is 28. The van der Waals surface area contributed by atoms with E-state index in [2.05, 4.69) is 26.3 Å². The summed E-state index contributed by atoms with van der Waals surface area (Å²) in [6, 6.07) is 0. The van der Waals surface area contributed by atoms with E-state index in [4.69, 9.17) is 18.9 Å². The Kier molecular flexibility index (Phi) is 36.4. The zero-order chi connectivity index (χ0) is 35.8. The minimum absolute atomic E-state index is 0.194. The number of ether oxygens (including phenoxy) is 4. The van der Waals surface area contributed by atoms with E-state index in [1.165, 1.54) is 0 Å². The highest BCUT2D eigenvalue weighted by molar-refractivity contribution is 5.92. The topological polar surface area (TPSA) is 105 Å². The monoisotopic (exact) mass is 664 g/mol. The van der Waals surface area contributed by atoms with Crippen molar-refractivity contribution in [3.05, 3.63) is 124 Å². The molecule has 0 bridgehead atoms. The predicted molar refractivity (Wildman–Crippen MR) is 195 cm³/mol. The maximum absolute atomic E-state index is 11.4. The molecule has 0 atom stereocenters. The van der Waals surface area contributed by atoms with Crippen molar-refractivity contribution in [2.45, 2.75) is 77.0 Å². The van der Waals surface area contributed by atoms with Crippen LogP contribution in [0.25, 0.3) is 0 Å². The minimum atomic E-state index is -0.567. The second-order valence-electron chi connectivity index (χ2n) is 9.95. The molecule has 0 aliphatic heterocycles. The molecule has 264 valence electrons. The van der Waals surface area contributed by atoms with Crippen molar-refractivity contribution in [2.75, 3.05) is 26.4 Å². The second-order valence-corrected chi connectivity index (χ2v) is 9.95. The molecule has 8 nitrogen and oxygen atoms in total. The second kappa shape index (κ2) is 38.5. The first-order valence-electron chi connectivity index (χ1n) is 16.5. The lowest BCUT2D eigenvalue weighted by Gasteiger charge is -1.98. The minimum Gasteiger partial charge on any atom is -0.458 e. The molecule has 0 spiro atoms. The largest absolute Gasteiger partial charge is 0.458 e. The molecule has 0 unspecified atom stereocenters. The summed E-state index contributed by atoms with van der Waals surface area (Å²) in [5.74, 6) is -2.27. The first kappa shape index (κ1) is 45.4. The number of allylic oxidation sites excluding steroid dienone is 8. The van der Waals surface area contributed by atoms with Gasteiger partial charge in [0, 0.05) is 24.3 Å². The van der Waals surface area contributed by atoms with Gasteiger partial charge in [-0.05, 0) is 77.0 Å². The Balaban J connectivity index is 0. The summed E-state index contributed by atoms with van der Waals surface area (Å²) in [4.78, 5) is 45.5. The molecular formula is C40H56O8. The van der Waals surface area contributed by atoms with Crippen LogP contribution in [0.4, 0.5) is 0 Å². The molecule has 0 N–H and O–H groups in total. The van der Waals surface area contributed by atoms with Gasteiger partial charge in [0.1, 0.15) is 26.4 Å². The third-order valence-electron chi connectivity index (χ3n) is 5.78. The molecule has 0 rings (SSSR count). The van der Waals surface area contributed by atoms with E-state index in [9.17, 15) is 19.2 Å². The number of carbonyl (C=O) groups is 4. The van der Waals surface area contributed by atoms with Gasteiger partial charge in [-0.15, -0.1) is 26.3 Å². The third kappa shape index (κ3) is 39.3. The summed E-state index contributed by atoms with van der Waals surface area (Å²) in [5, 5.41) is 0. The number of unbranched alkanes of at least 4 members (excludes halogenated alkanes) is 8. The van der Waals surface area contributed by atoms with Crippen molar-refractivity contribution in [2.24, 2.45) is 0 Å². The number of esters is 4. The Bertz CT molecular complexity index is 919. The lowest BCUT2D eigenvalue weighted by atomic mass is 10.2. The van der Waals surface area contributed by atoms with Crippen molar-refractivity contribution in [3.8, 4) is 0 Å². The summed E-state index contributed by atoms with van der Waals surface area (Å²) in [5.41, 5.74) is 0. The number of carbonyl (C=O) groups excluding carboxylic acids is 4. The van der Waals surface area contributed by atoms with Gasteiger partial charge in [0.15, 0.2) is 0 Å². The van der Waals surface area contributed by atoms with Crippen LogP contribution in [0.3, 0.4) is 0 Å². The zero-order valence-electron chi connectivity index (χ0n) is 28.6. The number of hydrogen-bond acceptors (Lipinski definition) is 8. The fourth-order valence-electron chi connectivity index (χ4n) is 3.25. The fourth-order valence-corrected chi connectivity index (χ4v) is 3.25. The molecule has 0 aromatic rings. The highest BCUT2D eigenvalue weighted by atomic mass is 16.5. The fraction of sp³-hybridized carbons (Fsp3) is 0.400. The molecule has 0 aliphatic rings. The molecule has 0 aromatic carbocycles. The smallest absolute Gasteiger partial charge is 0.331 e. The lowest BCUT2D eigenvalue weighted by molar-refractivity contribution is -0.139. The summed E-state index contributed by atoms with van der Waals surface area (Å²) in [6.07, 6.45) is 38.4. The van der Waals surface area contributed by atoms with E-state index >= 15 is 0 Å². The van der Waals surface area contributed by atoms with Gasteiger partial charge in [0.25, 0.3) is 0 Å². The van der Waals surface area contributed by atoms with Gasteiger partial charge in [-0.25, -0.2) is 19.2 Å². The summed E-state index contributed by atoms with van der Waals surface area (Å²) < 4.78 is 19.7. The Labute approximate surface area is 288 Å².